The zero-order valence-electron chi connectivity index (χ0n) is 27.1. The molecule has 2 aliphatic rings. The summed E-state index contributed by atoms with van der Waals surface area (Å²) in [6.45, 7) is 2.11. The first kappa shape index (κ1) is 31.5. The number of hydrogen-bond donors (Lipinski definition) is 1. The van der Waals surface area contributed by atoms with Gasteiger partial charge in [-0.05, 0) is 111 Å². The Hall–Kier alpha value is -4.49. The number of nitrogens with one attached hydrogen (secondary N) is 1. The van der Waals surface area contributed by atoms with Crippen LogP contribution in [0.5, 0.6) is 23.0 Å². The van der Waals surface area contributed by atoms with Crippen LogP contribution < -0.4 is 24.3 Å². The van der Waals surface area contributed by atoms with Crippen molar-refractivity contribution in [1.29, 1.82) is 0 Å². The molecule has 1 heterocycles. The number of benzene rings is 4. The zero-order chi connectivity index (χ0) is 31.9. The van der Waals surface area contributed by atoms with Crippen molar-refractivity contribution < 1.29 is 23.7 Å². The fourth-order valence-corrected chi connectivity index (χ4v) is 6.37. The summed E-state index contributed by atoms with van der Waals surface area (Å²) < 4.78 is 24.1. The molecule has 0 radical (unpaired) electrons. The van der Waals surface area contributed by atoms with Crippen LogP contribution in [-0.2, 0) is 0 Å². The minimum absolute atomic E-state index is 0.198. The summed E-state index contributed by atoms with van der Waals surface area (Å²) in [7, 11) is 5.43. The van der Waals surface area contributed by atoms with Gasteiger partial charge in [0.2, 0.25) is 0 Å². The van der Waals surface area contributed by atoms with E-state index in [1.165, 1.54) is 19.3 Å². The maximum atomic E-state index is 13.4. The smallest absolute Gasteiger partial charge is 0.255 e. The van der Waals surface area contributed by atoms with Gasteiger partial charge in [0.1, 0.15) is 29.1 Å². The summed E-state index contributed by atoms with van der Waals surface area (Å²) in [5, 5.41) is 3.05. The van der Waals surface area contributed by atoms with E-state index < -0.39 is 0 Å². The Labute approximate surface area is 272 Å². The molecule has 4 aromatic carbocycles. The van der Waals surface area contributed by atoms with Crippen molar-refractivity contribution in [2.24, 2.45) is 0 Å². The molecule has 7 heteroatoms. The van der Waals surface area contributed by atoms with Gasteiger partial charge < -0.3 is 29.2 Å². The molecule has 0 atom stereocenters. The van der Waals surface area contributed by atoms with Crippen molar-refractivity contribution in [2.45, 2.75) is 57.2 Å². The Morgan fingerprint density at radius 2 is 1.43 bits per heavy atom. The Kier molecular flexibility index (Phi) is 10.1. The molecule has 7 nitrogen and oxygen atoms in total. The maximum absolute atomic E-state index is 13.4. The lowest BCUT2D eigenvalue weighted by atomic mass is 9.97. The van der Waals surface area contributed by atoms with Crippen LogP contribution in [0.25, 0.3) is 22.3 Å². The van der Waals surface area contributed by atoms with Crippen LogP contribution in [-0.4, -0.2) is 57.4 Å². The Morgan fingerprint density at radius 3 is 2.17 bits per heavy atom. The fraction of sp³-hybridized carbons (Fsp3) is 0.359. The highest BCUT2D eigenvalue weighted by Crippen LogP contribution is 2.38. The van der Waals surface area contributed by atoms with E-state index in [-0.39, 0.29) is 18.1 Å². The van der Waals surface area contributed by atoms with Crippen LogP contribution in [0.3, 0.4) is 0 Å². The van der Waals surface area contributed by atoms with Crippen LogP contribution in [0, 0.1) is 0 Å². The zero-order valence-corrected chi connectivity index (χ0v) is 27.1. The van der Waals surface area contributed by atoms with Gasteiger partial charge in [-0.3, -0.25) is 4.79 Å². The molecule has 1 aliphatic carbocycles. The van der Waals surface area contributed by atoms with E-state index >= 15 is 0 Å². The second kappa shape index (κ2) is 14.7. The van der Waals surface area contributed by atoms with Crippen molar-refractivity contribution in [3.05, 3.63) is 90.5 Å². The van der Waals surface area contributed by atoms with E-state index in [2.05, 4.69) is 35.5 Å². The number of anilines is 1. The average molecular weight is 621 g/mol. The van der Waals surface area contributed by atoms with Crippen molar-refractivity contribution in [2.75, 3.05) is 39.7 Å². The van der Waals surface area contributed by atoms with Crippen LogP contribution in [0.2, 0.25) is 0 Å². The Balaban J connectivity index is 1.20. The number of carbonyl (C=O) groups excluding carboxylic acids is 1. The number of ether oxygens (including phenoxy) is 4. The number of likely N-dealkylation sites (tertiary alicyclic amines) is 1. The lowest BCUT2D eigenvalue weighted by molar-refractivity contribution is 0.102. The minimum Gasteiger partial charge on any atom is -0.497 e. The lowest BCUT2D eigenvalue weighted by Crippen LogP contribution is -2.35. The normalized spacial score (nSPS) is 16.1. The van der Waals surface area contributed by atoms with Gasteiger partial charge >= 0.3 is 0 Å². The highest BCUT2D eigenvalue weighted by molar-refractivity contribution is 6.05. The number of rotatable bonds is 10. The van der Waals surface area contributed by atoms with E-state index in [9.17, 15) is 4.79 Å². The summed E-state index contributed by atoms with van der Waals surface area (Å²) in [6, 6.07) is 27.3. The van der Waals surface area contributed by atoms with Gasteiger partial charge in [-0.1, -0.05) is 30.7 Å². The molecule has 1 N–H and O–H groups in total. The molecule has 1 saturated heterocycles. The van der Waals surface area contributed by atoms with Gasteiger partial charge in [0.25, 0.3) is 5.91 Å². The molecule has 1 aliphatic heterocycles. The molecular weight excluding hydrogens is 576 g/mol. The van der Waals surface area contributed by atoms with E-state index in [1.807, 2.05) is 60.7 Å². The fourth-order valence-electron chi connectivity index (χ4n) is 6.37. The van der Waals surface area contributed by atoms with E-state index in [1.54, 1.807) is 20.3 Å². The summed E-state index contributed by atoms with van der Waals surface area (Å²) in [6.07, 6.45) is 8.35. The highest BCUT2D eigenvalue weighted by atomic mass is 16.5. The van der Waals surface area contributed by atoms with Crippen LogP contribution in [0.15, 0.2) is 84.9 Å². The third kappa shape index (κ3) is 7.65. The van der Waals surface area contributed by atoms with Crippen LogP contribution in [0.1, 0.15) is 55.3 Å². The third-order valence-corrected chi connectivity index (χ3v) is 9.06. The molecule has 1 amide bonds. The first-order valence-electron chi connectivity index (χ1n) is 16.4. The largest absolute Gasteiger partial charge is 0.497 e. The summed E-state index contributed by atoms with van der Waals surface area (Å²) in [5.74, 6) is 2.94. The molecule has 0 bridgehead atoms. The molecule has 0 aromatic heterocycles. The molecule has 1 saturated carbocycles. The number of methoxy groups -OCH3 is 2. The van der Waals surface area contributed by atoms with Gasteiger partial charge in [0, 0.05) is 41.5 Å². The van der Waals surface area contributed by atoms with Gasteiger partial charge in [0.05, 0.1) is 20.3 Å². The average Bonchev–Trinajstić information content (AvgIpc) is 3.10. The van der Waals surface area contributed by atoms with Crippen LogP contribution >= 0.6 is 0 Å². The van der Waals surface area contributed by atoms with Gasteiger partial charge in [-0.2, -0.15) is 0 Å². The molecule has 240 valence electrons. The quantitative estimate of drug-likeness (QED) is 0.192. The van der Waals surface area contributed by atoms with Crippen molar-refractivity contribution in [3.63, 3.8) is 0 Å². The molecule has 6 rings (SSSR count). The molecule has 0 unspecified atom stereocenters. The number of nitrogens with zero attached hydrogens (tertiary/aromatic N) is 1. The molecule has 46 heavy (non-hydrogen) atoms. The van der Waals surface area contributed by atoms with Gasteiger partial charge in [-0.25, -0.2) is 0 Å². The number of carbonyl (C=O) groups is 1. The Bertz CT molecular complexity index is 1620. The highest BCUT2D eigenvalue weighted by Gasteiger charge is 2.21. The monoisotopic (exact) mass is 620 g/mol. The maximum Gasteiger partial charge on any atom is 0.255 e. The SMILES string of the molecule is COc1cccc(-c2cc(C(=O)Nc3ccc(-c4ccc(OC5CCN(C)CC5)cc4OC4CCCCC4)cc3)ccc2OC)c1. The third-order valence-electron chi connectivity index (χ3n) is 9.06. The van der Waals surface area contributed by atoms with Crippen molar-refractivity contribution in [3.8, 4) is 45.3 Å². The number of piperidine rings is 1. The van der Waals surface area contributed by atoms with E-state index in [4.69, 9.17) is 18.9 Å². The summed E-state index contributed by atoms with van der Waals surface area (Å²) >= 11 is 0. The summed E-state index contributed by atoms with van der Waals surface area (Å²) in [4.78, 5) is 15.7. The lowest BCUT2D eigenvalue weighted by Gasteiger charge is -2.30. The van der Waals surface area contributed by atoms with E-state index in [0.29, 0.717) is 17.0 Å². The minimum atomic E-state index is -0.198. The topological polar surface area (TPSA) is 69.3 Å². The predicted molar refractivity (Wildman–Crippen MR) is 183 cm³/mol. The molecule has 4 aromatic rings. The Morgan fingerprint density at radius 1 is 0.674 bits per heavy atom. The molecular formula is C39H44N2O5. The number of hydrogen-bond acceptors (Lipinski definition) is 6. The van der Waals surface area contributed by atoms with Gasteiger partial charge in [-0.15, -0.1) is 0 Å². The molecule has 0 spiro atoms. The van der Waals surface area contributed by atoms with E-state index in [0.717, 1.165) is 78.3 Å². The van der Waals surface area contributed by atoms with Crippen LogP contribution in [0.4, 0.5) is 5.69 Å². The van der Waals surface area contributed by atoms with Gasteiger partial charge in [0.15, 0.2) is 0 Å². The first-order valence-corrected chi connectivity index (χ1v) is 16.4. The van der Waals surface area contributed by atoms with Crippen molar-refractivity contribution in [1.82, 2.24) is 4.90 Å². The number of amides is 1. The molecule has 2 fully saturated rings. The van der Waals surface area contributed by atoms with Crippen molar-refractivity contribution >= 4 is 11.6 Å². The summed E-state index contributed by atoms with van der Waals surface area (Å²) in [5.41, 5.74) is 5.02. The first-order chi connectivity index (χ1) is 22.5. The second-order valence-corrected chi connectivity index (χ2v) is 12.3. The predicted octanol–water partition coefficient (Wildman–Crippen LogP) is 8.47. The standard InChI is InChI=1S/C39H44N2O5/c1-41-22-20-32(21-23-41)45-34-17-18-35(38(26-34)46-31-9-5-4-6-10-31)27-12-15-30(16-13-27)40-39(42)29-14-19-37(44-3)36(25-29)28-8-7-11-33(24-28)43-2/h7-8,11-19,24-26,31-32H,4-6,9-10,20-23H2,1-3H3,(H,40,42). The second-order valence-electron chi connectivity index (χ2n) is 12.3.